The predicted octanol–water partition coefficient (Wildman–Crippen LogP) is 3.11. The Morgan fingerprint density at radius 3 is 2.20 bits per heavy atom. The SMILES string of the molecule is C#CC(O)(OCCCc1ccccc1)c1ccccc1. The molecule has 0 amide bonds. The summed E-state index contributed by atoms with van der Waals surface area (Å²) in [5.41, 5.74) is 1.84. The van der Waals surface area contributed by atoms with Gasteiger partial charge in [-0.2, -0.15) is 0 Å². The van der Waals surface area contributed by atoms with Gasteiger partial charge in [-0.3, -0.25) is 0 Å². The molecular formula is C18H18O2. The summed E-state index contributed by atoms with van der Waals surface area (Å²) in [6.45, 7) is 0.407. The van der Waals surface area contributed by atoms with Crippen molar-refractivity contribution in [2.24, 2.45) is 0 Å². The molecule has 0 saturated carbocycles. The highest BCUT2D eigenvalue weighted by Gasteiger charge is 2.27. The Balaban J connectivity index is 1.87. The standard InChI is InChI=1S/C18H18O2/c1-2-18(19,17-13-7-4-8-14-17)20-15-9-12-16-10-5-3-6-11-16/h1,3-8,10-11,13-14,19H,9,12,15H2. The summed E-state index contributed by atoms with van der Waals surface area (Å²) in [6.07, 6.45) is 7.11. The molecule has 0 aliphatic rings. The first kappa shape index (κ1) is 14.3. The molecule has 2 nitrogen and oxygen atoms in total. The monoisotopic (exact) mass is 266 g/mol. The summed E-state index contributed by atoms with van der Waals surface area (Å²) in [5.74, 6) is 0.686. The van der Waals surface area contributed by atoms with E-state index in [0.717, 1.165) is 12.8 Å². The maximum absolute atomic E-state index is 10.3. The molecule has 102 valence electrons. The number of benzene rings is 2. The first-order valence-electron chi connectivity index (χ1n) is 6.68. The first-order valence-corrected chi connectivity index (χ1v) is 6.68. The smallest absolute Gasteiger partial charge is 0.258 e. The lowest BCUT2D eigenvalue weighted by atomic mass is 10.1. The maximum Gasteiger partial charge on any atom is 0.258 e. The molecule has 0 radical (unpaired) electrons. The molecule has 0 heterocycles. The summed E-state index contributed by atoms with van der Waals surface area (Å²) >= 11 is 0. The topological polar surface area (TPSA) is 29.5 Å². The number of aliphatic hydroxyl groups is 1. The van der Waals surface area contributed by atoms with Gasteiger partial charge in [0.1, 0.15) is 0 Å². The van der Waals surface area contributed by atoms with Crippen molar-refractivity contribution in [1.82, 2.24) is 0 Å². The zero-order valence-corrected chi connectivity index (χ0v) is 11.3. The van der Waals surface area contributed by atoms with E-state index < -0.39 is 5.79 Å². The molecule has 0 aliphatic heterocycles. The fraction of sp³-hybridized carbons (Fsp3) is 0.222. The number of hydrogen-bond acceptors (Lipinski definition) is 2. The van der Waals surface area contributed by atoms with Gasteiger partial charge in [0.15, 0.2) is 0 Å². The summed E-state index contributed by atoms with van der Waals surface area (Å²) in [4.78, 5) is 0. The molecule has 1 N–H and O–H groups in total. The second-order valence-electron chi connectivity index (χ2n) is 4.59. The third kappa shape index (κ3) is 3.71. The van der Waals surface area contributed by atoms with Crippen LogP contribution >= 0.6 is 0 Å². The first-order chi connectivity index (χ1) is 9.74. The van der Waals surface area contributed by atoms with Crippen molar-refractivity contribution in [2.45, 2.75) is 18.6 Å². The molecule has 2 aromatic rings. The van der Waals surface area contributed by atoms with Crippen LogP contribution in [0.1, 0.15) is 17.5 Å². The van der Waals surface area contributed by atoms with Gasteiger partial charge in [-0.05, 0) is 24.3 Å². The van der Waals surface area contributed by atoms with Gasteiger partial charge in [0, 0.05) is 5.56 Å². The average Bonchev–Trinajstić information content (AvgIpc) is 2.53. The number of terminal acetylenes is 1. The van der Waals surface area contributed by atoms with Crippen LogP contribution in [0.15, 0.2) is 60.7 Å². The van der Waals surface area contributed by atoms with Crippen LogP contribution in [0.5, 0.6) is 0 Å². The fourth-order valence-electron chi connectivity index (χ4n) is 2.01. The van der Waals surface area contributed by atoms with E-state index >= 15 is 0 Å². The average molecular weight is 266 g/mol. The fourth-order valence-corrected chi connectivity index (χ4v) is 2.01. The number of rotatable bonds is 6. The van der Waals surface area contributed by atoms with Crippen LogP contribution in [-0.4, -0.2) is 11.7 Å². The van der Waals surface area contributed by atoms with Crippen molar-refractivity contribution in [3.05, 3.63) is 71.8 Å². The normalized spacial score (nSPS) is 13.4. The molecule has 0 saturated heterocycles. The van der Waals surface area contributed by atoms with Crippen molar-refractivity contribution in [3.8, 4) is 12.3 Å². The highest BCUT2D eigenvalue weighted by molar-refractivity contribution is 5.27. The second kappa shape index (κ2) is 6.91. The Kier molecular flexibility index (Phi) is 4.95. The van der Waals surface area contributed by atoms with Crippen molar-refractivity contribution in [1.29, 1.82) is 0 Å². The van der Waals surface area contributed by atoms with E-state index in [0.29, 0.717) is 12.2 Å². The van der Waals surface area contributed by atoms with Crippen LogP contribution < -0.4 is 0 Å². The van der Waals surface area contributed by atoms with Gasteiger partial charge in [0.05, 0.1) is 6.61 Å². The van der Waals surface area contributed by atoms with Crippen molar-refractivity contribution < 1.29 is 9.84 Å². The van der Waals surface area contributed by atoms with Crippen molar-refractivity contribution >= 4 is 0 Å². The number of hydrogen-bond donors (Lipinski definition) is 1. The molecule has 2 rings (SSSR count). The van der Waals surface area contributed by atoms with Gasteiger partial charge in [0.2, 0.25) is 0 Å². The molecule has 0 aromatic heterocycles. The van der Waals surface area contributed by atoms with E-state index in [1.165, 1.54) is 5.56 Å². The maximum atomic E-state index is 10.3. The summed E-state index contributed by atoms with van der Waals surface area (Å²) < 4.78 is 5.51. The van der Waals surface area contributed by atoms with Gasteiger partial charge < -0.3 is 9.84 Å². The Morgan fingerprint density at radius 2 is 1.60 bits per heavy atom. The minimum absolute atomic E-state index is 0.407. The highest BCUT2D eigenvalue weighted by atomic mass is 16.6. The van der Waals surface area contributed by atoms with Crippen LogP contribution in [-0.2, 0) is 16.9 Å². The lowest BCUT2D eigenvalue weighted by molar-refractivity contribution is -0.167. The van der Waals surface area contributed by atoms with Crippen molar-refractivity contribution in [2.75, 3.05) is 6.61 Å². The van der Waals surface area contributed by atoms with E-state index in [1.54, 1.807) is 12.1 Å². The van der Waals surface area contributed by atoms with Crippen LogP contribution in [0.3, 0.4) is 0 Å². The zero-order valence-electron chi connectivity index (χ0n) is 11.3. The second-order valence-corrected chi connectivity index (χ2v) is 4.59. The quantitative estimate of drug-likeness (QED) is 0.494. The predicted molar refractivity (Wildman–Crippen MR) is 79.9 cm³/mol. The summed E-state index contributed by atoms with van der Waals surface area (Å²) in [7, 11) is 0. The van der Waals surface area contributed by atoms with E-state index in [-0.39, 0.29) is 0 Å². The van der Waals surface area contributed by atoms with Gasteiger partial charge in [-0.15, -0.1) is 6.42 Å². The lowest BCUT2D eigenvalue weighted by Gasteiger charge is -2.22. The van der Waals surface area contributed by atoms with Crippen LogP contribution in [0.4, 0.5) is 0 Å². The Bertz CT molecular complexity index is 557. The van der Waals surface area contributed by atoms with E-state index in [9.17, 15) is 5.11 Å². The largest absolute Gasteiger partial charge is 0.352 e. The Hall–Kier alpha value is -2.08. The third-order valence-electron chi connectivity index (χ3n) is 3.12. The molecule has 0 spiro atoms. The molecule has 0 fully saturated rings. The zero-order chi connectivity index (χ0) is 14.3. The van der Waals surface area contributed by atoms with Gasteiger partial charge in [-0.1, -0.05) is 60.7 Å². The Labute approximate surface area is 120 Å². The molecule has 2 heteroatoms. The molecular weight excluding hydrogens is 248 g/mol. The van der Waals surface area contributed by atoms with Crippen LogP contribution in [0.2, 0.25) is 0 Å². The number of aryl methyl sites for hydroxylation is 1. The molecule has 1 unspecified atom stereocenters. The minimum Gasteiger partial charge on any atom is -0.352 e. The molecule has 0 aliphatic carbocycles. The Morgan fingerprint density at radius 1 is 1.00 bits per heavy atom. The molecule has 20 heavy (non-hydrogen) atoms. The van der Waals surface area contributed by atoms with Crippen LogP contribution in [0.25, 0.3) is 0 Å². The molecule has 1 atom stereocenters. The summed E-state index contributed by atoms with van der Waals surface area (Å²) in [5, 5.41) is 10.3. The van der Waals surface area contributed by atoms with E-state index in [2.05, 4.69) is 18.1 Å². The highest BCUT2D eigenvalue weighted by Crippen LogP contribution is 2.21. The lowest BCUT2D eigenvalue weighted by Crippen LogP contribution is -2.28. The van der Waals surface area contributed by atoms with E-state index in [4.69, 9.17) is 11.2 Å². The van der Waals surface area contributed by atoms with Crippen LogP contribution in [0, 0.1) is 12.3 Å². The van der Waals surface area contributed by atoms with Gasteiger partial charge >= 0.3 is 0 Å². The molecule has 2 aromatic carbocycles. The minimum atomic E-state index is -1.64. The third-order valence-corrected chi connectivity index (χ3v) is 3.12. The molecule has 0 bridgehead atoms. The summed E-state index contributed by atoms with van der Waals surface area (Å²) in [6, 6.07) is 19.2. The van der Waals surface area contributed by atoms with E-state index in [1.807, 2.05) is 36.4 Å². The van der Waals surface area contributed by atoms with Gasteiger partial charge in [-0.25, -0.2) is 0 Å². The van der Waals surface area contributed by atoms with Crippen molar-refractivity contribution in [3.63, 3.8) is 0 Å². The van der Waals surface area contributed by atoms with Gasteiger partial charge in [0.25, 0.3) is 5.79 Å². The number of ether oxygens (including phenoxy) is 1.